The molecule has 2 unspecified atom stereocenters. The topological polar surface area (TPSA) is 69.4 Å². The van der Waals surface area contributed by atoms with E-state index in [9.17, 15) is 8.42 Å². The molecule has 1 saturated heterocycles. The minimum absolute atomic E-state index is 0.0742. The van der Waals surface area contributed by atoms with Crippen LogP contribution in [0.3, 0.4) is 0 Å². The fourth-order valence-corrected chi connectivity index (χ4v) is 3.05. The van der Waals surface area contributed by atoms with Crippen LogP contribution in [0, 0.1) is 0 Å². The van der Waals surface area contributed by atoms with Crippen LogP contribution in [0.5, 0.6) is 0 Å². The molecule has 0 radical (unpaired) electrons. The first kappa shape index (κ1) is 14.9. The maximum Gasteiger partial charge on any atom is 0.150 e. The predicted octanol–water partition coefficient (Wildman–Crippen LogP) is 1.49. The SMILES string of the molecule is CCS(=O)(=O)CCCC(N)CC1CCCCO1. The van der Waals surface area contributed by atoms with Gasteiger partial charge in [-0.1, -0.05) is 6.92 Å². The molecule has 0 saturated carbocycles. The van der Waals surface area contributed by atoms with E-state index in [0.29, 0.717) is 12.5 Å². The van der Waals surface area contributed by atoms with Gasteiger partial charge in [-0.05, 0) is 38.5 Å². The molecule has 0 bridgehead atoms. The monoisotopic (exact) mass is 263 g/mol. The molecule has 0 aromatic heterocycles. The highest BCUT2D eigenvalue weighted by Crippen LogP contribution is 2.18. The standard InChI is InChI=1S/C12H25NO3S/c1-2-17(14,15)9-5-6-11(13)10-12-7-3-4-8-16-12/h11-12H,2-10,13H2,1H3. The van der Waals surface area contributed by atoms with Gasteiger partial charge in [-0.25, -0.2) is 8.42 Å². The molecule has 2 atom stereocenters. The van der Waals surface area contributed by atoms with Crippen LogP contribution in [0.1, 0.15) is 45.4 Å². The van der Waals surface area contributed by atoms with Crippen molar-refractivity contribution in [3.8, 4) is 0 Å². The molecule has 0 amide bonds. The summed E-state index contributed by atoms with van der Waals surface area (Å²) in [6.07, 6.45) is 6.08. The molecule has 0 aliphatic carbocycles. The van der Waals surface area contributed by atoms with E-state index >= 15 is 0 Å². The van der Waals surface area contributed by atoms with Crippen molar-refractivity contribution < 1.29 is 13.2 Å². The summed E-state index contributed by atoms with van der Waals surface area (Å²) in [6.45, 7) is 2.53. The lowest BCUT2D eigenvalue weighted by atomic mass is 10.00. The number of ether oxygens (including phenoxy) is 1. The highest BCUT2D eigenvalue weighted by Gasteiger charge is 2.17. The summed E-state index contributed by atoms with van der Waals surface area (Å²) in [5.74, 6) is 0.497. The Bertz CT molecular complexity index is 297. The lowest BCUT2D eigenvalue weighted by Crippen LogP contribution is -2.30. The zero-order valence-electron chi connectivity index (χ0n) is 10.7. The third-order valence-corrected chi connectivity index (χ3v) is 5.10. The molecule has 0 spiro atoms. The molecule has 1 rings (SSSR count). The Labute approximate surface area is 105 Å². The Morgan fingerprint density at radius 1 is 1.41 bits per heavy atom. The van der Waals surface area contributed by atoms with Crippen molar-refractivity contribution in [2.24, 2.45) is 5.73 Å². The minimum Gasteiger partial charge on any atom is -0.378 e. The molecule has 1 aliphatic heterocycles. The van der Waals surface area contributed by atoms with Gasteiger partial charge in [-0.2, -0.15) is 0 Å². The average Bonchev–Trinajstić information content (AvgIpc) is 2.30. The third-order valence-electron chi connectivity index (χ3n) is 3.31. The van der Waals surface area contributed by atoms with Crippen molar-refractivity contribution in [3.05, 3.63) is 0 Å². The van der Waals surface area contributed by atoms with Crippen molar-refractivity contribution in [3.63, 3.8) is 0 Å². The van der Waals surface area contributed by atoms with Crippen molar-refractivity contribution in [2.75, 3.05) is 18.1 Å². The van der Waals surface area contributed by atoms with E-state index in [-0.39, 0.29) is 17.5 Å². The highest BCUT2D eigenvalue weighted by molar-refractivity contribution is 7.91. The van der Waals surface area contributed by atoms with Crippen LogP contribution >= 0.6 is 0 Å². The summed E-state index contributed by atoms with van der Waals surface area (Å²) in [7, 11) is -2.84. The predicted molar refractivity (Wildman–Crippen MR) is 69.7 cm³/mol. The molecule has 2 N–H and O–H groups in total. The second-order valence-electron chi connectivity index (χ2n) is 4.86. The molecular weight excluding hydrogens is 238 g/mol. The number of nitrogens with two attached hydrogens (primary N) is 1. The summed E-state index contributed by atoms with van der Waals surface area (Å²) >= 11 is 0. The smallest absolute Gasteiger partial charge is 0.150 e. The normalized spacial score (nSPS) is 23.5. The van der Waals surface area contributed by atoms with E-state index in [0.717, 1.165) is 32.3 Å². The maximum atomic E-state index is 11.3. The zero-order valence-corrected chi connectivity index (χ0v) is 11.5. The number of sulfone groups is 1. The van der Waals surface area contributed by atoms with Gasteiger partial charge in [-0.3, -0.25) is 0 Å². The summed E-state index contributed by atoms with van der Waals surface area (Å²) < 4.78 is 28.2. The van der Waals surface area contributed by atoms with Crippen LogP contribution in [0.25, 0.3) is 0 Å². The van der Waals surface area contributed by atoms with Gasteiger partial charge in [0.05, 0.1) is 11.9 Å². The van der Waals surface area contributed by atoms with Crippen LogP contribution < -0.4 is 5.73 Å². The van der Waals surface area contributed by atoms with E-state index in [1.54, 1.807) is 6.92 Å². The second-order valence-corrected chi connectivity index (χ2v) is 7.34. The van der Waals surface area contributed by atoms with Gasteiger partial charge >= 0.3 is 0 Å². The van der Waals surface area contributed by atoms with Gasteiger partial charge in [-0.15, -0.1) is 0 Å². The van der Waals surface area contributed by atoms with Crippen LogP contribution in [0.2, 0.25) is 0 Å². The summed E-state index contributed by atoms with van der Waals surface area (Å²) in [4.78, 5) is 0. The van der Waals surface area contributed by atoms with Gasteiger partial charge in [0.25, 0.3) is 0 Å². The molecule has 5 heteroatoms. The van der Waals surface area contributed by atoms with Gasteiger partial charge in [0, 0.05) is 18.4 Å². The van der Waals surface area contributed by atoms with E-state index < -0.39 is 9.84 Å². The van der Waals surface area contributed by atoms with Gasteiger partial charge in [0.1, 0.15) is 9.84 Å². The van der Waals surface area contributed by atoms with Crippen LogP contribution in [0.4, 0.5) is 0 Å². The summed E-state index contributed by atoms with van der Waals surface area (Å²) in [5, 5.41) is 0. The maximum absolute atomic E-state index is 11.3. The van der Waals surface area contributed by atoms with Crippen LogP contribution in [0.15, 0.2) is 0 Å². The van der Waals surface area contributed by atoms with Crippen molar-refractivity contribution in [1.29, 1.82) is 0 Å². The highest BCUT2D eigenvalue weighted by atomic mass is 32.2. The molecule has 4 nitrogen and oxygen atoms in total. The Morgan fingerprint density at radius 2 is 2.18 bits per heavy atom. The first-order chi connectivity index (χ1) is 8.03. The van der Waals surface area contributed by atoms with Crippen LogP contribution in [-0.2, 0) is 14.6 Å². The number of rotatable bonds is 7. The average molecular weight is 263 g/mol. The Hall–Kier alpha value is -0.130. The number of hydrogen-bond acceptors (Lipinski definition) is 4. The number of hydrogen-bond donors (Lipinski definition) is 1. The van der Waals surface area contributed by atoms with Gasteiger partial charge < -0.3 is 10.5 Å². The molecule has 1 heterocycles. The zero-order chi connectivity index (χ0) is 12.7. The fourth-order valence-electron chi connectivity index (χ4n) is 2.16. The molecule has 102 valence electrons. The third kappa shape index (κ3) is 6.38. The van der Waals surface area contributed by atoms with E-state index in [1.807, 2.05) is 0 Å². The van der Waals surface area contributed by atoms with E-state index in [2.05, 4.69) is 0 Å². The Kier molecular flexibility index (Phi) is 6.44. The second kappa shape index (κ2) is 7.34. The van der Waals surface area contributed by atoms with Crippen molar-refractivity contribution >= 4 is 9.84 Å². The molecule has 0 aromatic carbocycles. The minimum atomic E-state index is -2.84. The van der Waals surface area contributed by atoms with Crippen molar-refractivity contribution in [2.45, 2.75) is 57.6 Å². The molecule has 0 aromatic rings. The Morgan fingerprint density at radius 3 is 2.76 bits per heavy atom. The lowest BCUT2D eigenvalue weighted by Gasteiger charge is -2.25. The van der Waals surface area contributed by atoms with Crippen LogP contribution in [-0.4, -0.2) is 38.7 Å². The lowest BCUT2D eigenvalue weighted by molar-refractivity contribution is 0.00701. The van der Waals surface area contributed by atoms with Gasteiger partial charge in [0.2, 0.25) is 0 Å². The summed E-state index contributed by atoms with van der Waals surface area (Å²) in [6, 6.07) is 0.0742. The van der Waals surface area contributed by atoms with Gasteiger partial charge in [0.15, 0.2) is 0 Å². The molecule has 17 heavy (non-hydrogen) atoms. The molecular formula is C12H25NO3S. The Balaban J connectivity index is 2.14. The quantitative estimate of drug-likeness (QED) is 0.755. The summed E-state index contributed by atoms with van der Waals surface area (Å²) in [5.41, 5.74) is 6.00. The van der Waals surface area contributed by atoms with E-state index in [4.69, 9.17) is 10.5 Å². The molecule has 1 fully saturated rings. The largest absolute Gasteiger partial charge is 0.378 e. The molecule has 1 aliphatic rings. The first-order valence-electron chi connectivity index (χ1n) is 6.61. The fraction of sp³-hybridized carbons (Fsp3) is 1.00. The van der Waals surface area contributed by atoms with E-state index in [1.165, 1.54) is 6.42 Å². The van der Waals surface area contributed by atoms with Crippen molar-refractivity contribution in [1.82, 2.24) is 0 Å². The first-order valence-corrected chi connectivity index (χ1v) is 8.43.